The second-order valence-electron chi connectivity index (χ2n) is 4.72. The Morgan fingerprint density at radius 2 is 2.11 bits per heavy atom. The summed E-state index contributed by atoms with van der Waals surface area (Å²) in [6.45, 7) is 0.782. The van der Waals surface area contributed by atoms with Crippen LogP contribution in [0.25, 0.3) is 11.4 Å². The number of benzene rings is 1. The van der Waals surface area contributed by atoms with Crippen molar-refractivity contribution in [1.82, 2.24) is 15.3 Å². The third kappa shape index (κ3) is 2.79. The Bertz CT molecular complexity index is 587. The van der Waals surface area contributed by atoms with Crippen molar-refractivity contribution in [1.29, 1.82) is 0 Å². The van der Waals surface area contributed by atoms with Gasteiger partial charge in [0.1, 0.15) is 5.82 Å². The summed E-state index contributed by atoms with van der Waals surface area (Å²) in [6.07, 6.45) is 4.30. The van der Waals surface area contributed by atoms with Crippen LogP contribution in [0.15, 0.2) is 30.5 Å². The molecule has 0 unspecified atom stereocenters. The molecule has 1 aliphatic carbocycles. The highest BCUT2D eigenvalue weighted by atomic mass is 16.6. The van der Waals surface area contributed by atoms with Crippen LogP contribution in [0.4, 0.5) is 5.69 Å². The molecule has 2 aromatic rings. The molecule has 1 aromatic carbocycles. The van der Waals surface area contributed by atoms with E-state index in [1.54, 1.807) is 18.3 Å². The first-order valence-corrected chi connectivity index (χ1v) is 6.24. The molecule has 6 heteroatoms. The van der Waals surface area contributed by atoms with Crippen molar-refractivity contribution in [3.05, 3.63) is 46.3 Å². The number of nitrogens with zero attached hydrogens (tertiary/aromatic N) is 2. The van der Waals surface area contributed by atoms with Gasteiger partial charge in [0.15, 0.2) is 0 Å². The Morgan fingerprint density at radius 1 is 1.37 bits per heavy atom. The fourth-order valence-electron chi connectivity index (χ4n) is 1.88. The van der Waals surface area contributed by atoms with Crippen LogP contribution in [0.1, 0.15) is 18.5 Å². The topological polar surface area (TPSA) is 83.8 Å². The summed E-state index contributed by atoms with van der Waals surface area (Å²) < 4.78 is 0. The highest BCUT2D eigenvalue weighted by molar-refractivity contribution is 5.57. The third-order valence-electron chi connectivity index (χ3n) is 3.14. The third-order valence-corrected chi connectivity index (χ3v) is 3.14. The van der Waals surface area contributed by atoms with Gasteiger partial charge in [-0.05, 0) is 25.0 Å². The molecule has 1 aromatic heterocycles. The van der Waals surface area contributed by atoms with E-state index >= 15 is 0 Å². The van der Waals surface area contributed by atoms with Gasteiger partial charge >= 0.3 is 0 Å². The summed E-state index contributed by atoms with van der Waals surface area (Å²) in [6, 6.07) is 7.04. The average molecular weight is 258 g/mol. The van der Waals surface area contributed by atoms with Gasteiger partial charge in [0.05, 0.1) is 4.92 Å². The number of imidazole rings is 1. The van der Waals surface area contributed by atoms with Crippen LogP contribution in [0.3, 0.4) is 0 Å². The maximum absolute atomic E-state index is 10.6. The Morgan fingerprint density at radius 3 is 2.74 bits per heavy atom. The van der Waals surface area contributed by atoms with E-state index in [1.165, 1.54) is 25.0 Å². The maximum atomic E-state index is 10.6. The van der Waals surface area contributed by atoms with Gasteiger partial charge in [-0.2, -0.15) is 0 Å². The number of hydrogen-bond acceptors (Lipinski definition) is 4. The molecule has 0 spiro atoms. The molecule has 0 saturated heterocycles. The molecular formula is C13H14N4O2. The van der Waals surface area contributed by atoms with Gasteiger partial charge in [-0.3, -0.25) is 10.1 Å². The number of aromatic amines is 1. The van der Waals surface area contributed by atoms with E-state index in [0.717, 1.165) is 23.6 Å². The van der Waals surface area contributed by atoms with Gasteiger partial charge in [0, 0.05) is 42.2 Å². The largest absolute Gasteiger partial charge is 0.341 e. The van der Waals surface area contributed by atoms with Crippen molar-refractivity contribution in [3.63, 3.8) is 0 Å². The van der Waals surface area contributed by atoms with E-state index in [-0.39, 0.29) is 5.69 Å². The summed E-state index contributed by atoms with van der Waals surface area (Å²) in [5, 5.41) is 14.0. The maximum Gasteiger partial charge on any atom is 0.269 e. The minimum absolute atomic E-state index is 0.0888. The van der Waals surface area contributed by atoms with Gasteiger partial charge in [0.25, 0.3) is 5.69 Å². The lowest BCUT2D eigenvalue weighted by Crippen LogP contribution is -2.15. The van der Waals surface area contributed by atoms with E-state index in [1.807, 2.05) is 0 Å². The van der Waals surface area contributed by atoms with Crippen LogP contribution in [0.5, 0.6) is 0 Å². The lowest BCUT2D eigenvalue weighted by Gasteiger charge is -1.99. The number of rotatable bonds is 5. The first-order chi connectivity index (χ1) is 9.22. The van der Waals surface area contributed by atoms with Crippen LogP contribution < -0.4 is 5.32 Å². The molecule has 19 heavy (non-hydrogen) atoms. The molecular weight excluding hydrogens is 244 g/mol. The molecule has 0 atom stereocenters. The van der Waals surface area contributed by atoms with Crippen molar-refractivity contribution in [2.24, 2.45) is 0 Å². The summed E-state index contributed by atoms with van der Waals surface area (Å²) in [4.78, 5) is 17.7. The number of hydrogen-bond donors (Lipinski definition) is 2. The second kappa shape index (κ2) is 4.81. The lowest BCUT2D eigenvalue weighted by molar-refractivity contribution is -0.384. The molecule has 0 bridgehead atoms. The van der Waals surface area contributed by atoms with Crippen LogP contribution in [0.2, 0.25) is 0 Å². The first kappa shape index (κ1) is 11.9. The van der Waals surface area contributed by atoms with Crippen molar-refractivity contribution in [2.75, 3.05) is 0 Å². The molecule has 2 N–H and O–H groups in total. The lowest BCUT2D eigenvalue weighted by atomic mass is 10.2. The van der Waals surface area contributed by atoms with Crippen LogP contribution >= 0.6 is 0 Å². The summed E-state index contributed by atoms with van der Waals surface area (Å²) in [5.41, 5.74) is 1.97. The predicted octanol–water partition coefficient (Wildman–Crippen LogP) is 2.24. The minimum Gasteiger partial charge on any atom is -0.341 e. The van der Waals surface area contributed by atoms with Crippen LogP contribution in [-0.4, -0.2) is 20.9 Å². The Balaban J connectivity index is 1.71. The molecule has 1 heterocycles. The zero-order chi connectivity index (χ0) is 13.2. The normalized spacial score (nSPS) is 14.5. The highest BCUT2D eigenvalue weighted by Crippen LogP contribution is 2.21. The number of non-ortho nitro benzene ring substituents is 1. The number of nitro groups is 1. The number of aromatic nitrogens is 2. The van der Waals surface area contributed by atoms with Gasteiger partial charge in [-0.15, -0.1) is 0 Å². The zero-order valence-electron chi connectivity index (χ0n) is 10.3. The zero-order valence-corrected chi connectivity index (χ0v) is 10.3. The number of H-pyrrole nitrogens is 1. The molecule has 0 aliphatic heterocycles. The van der Waals surface area contributed by atoms with Crippen molar-refractivity contribution in [2.45, 2.75) is 25.4 Å². The van der Waals surface area contributed by atoms with Gasteiger partial charge in [-0.25, -0.2) is 4.98 Å². The minimum atomic E-state index is -0.406. The average Bonchev–Trinajstić information content (AvgIpc) is 3.13. The fraction of sp³-hybridized carbons (Fsp3) is 0.308. The Hall–Kier alpha value is -2.21. The van der Waals surface area contributed by atoms with E-state index < -0.39 is 4.92 Å². The molecule has 1 aliphatic rings. The first-order valence-electron chi connectivity index (χ1n) is 6.24. The monoisotopic (exact) mass is 258 g/mol. The standard InChI is InChI=1S/C13H14N4O2/c18-17(19)12-5-1-9(2-6-12)13-15-8-11(16-13)7-14-10-3-4-10/h1-2,5-6,8,10,14H,3-4,7H2,(H,15,16). The number of nitrogens with one attached hydrogen (secondary N) is 2. The molecule has 1 fully saturated rings. The molecule has 0 radical (unpaired) electrons. The quantitative estimate of drug-likeness (QED) is 0.636. The molecule has 3 rings (SSSR count). The SMILES string of the molecule is O=[N+]([O-])c1ccc(-c2ncc(CNC3CC3)[nH]2)cc1. The second-order valence-corrected chi connectivity index (χ2v) is 4.72. The van der Waals surface area contributed by atoms with Crippen molar-refractivity contribution >= 4 is 5.69 Å². The smallest absolute Gasteiger partial charge is 0.269 e. The predicted molar refractivity (Wildman–Crippen MR) is 70.5 cm³/mol. The van der Waals surface area contributed by atoms with Crippen molar-refractivity contribution in [3.8, 4) is 11.4 Å². The summed E-state index contributed by atoms with van der Waals surface area (Å²) in [7, 11) is 0. The molecule has 98 valence electrons. The van der Waals surface area contributed by atoms with Gasteiger partial charge in [-0.1, -0.05) is 0 Å². The van der Waals surface area contributed by atoms with E-state index in [2.05, 4.69) is 15.3 Å². The van der Waals surface area contributed by atoms with Crippen LogP contribution in [-0.2, 0) is 6.54 Å². The van der Waals surface area contributed by atoms with Crippen molar-refractivity contribution < 1.29 is 4.92 Å². The molecule has 6 nitrogen and oxygen atoms in total. The number of nitro benzene ring substituents is 1. The molecule has 1 saturated carbocycles. The highest BCUT2D eigenvalue weighted by Gasteiger charge is 2.20. The Labute approximate surface area is 110 Å². The summed E-state index contributed by atoms with van der Waals surface area (Å²) >= 11 is 0. The van der Waals surface area contributed by atoms with Gasteiger partial charge < -0.3 is 10.3 Å². The van der Waals surface area contributed by atoms with Gasteiger partial charge in [0.2, 0.25) is 0 Å². The van der Waals surface area contributed by atoms with Crippen LogP contribution in [0, 0.1) is 10.1 Å². The molecule has 0 amide bonds. The van der Waals surface area contributed by atoms with E-state index in [9.17, 15) is 10.1 Å². The van der Waals surface area contributed by atoms with E-state index in [4.69, 9.17) is 0 Å². The fourth-order valence-corrected chi connectivity index (χ4v) is 1.88. The Kier molecular flexibility index (Phi) is 3.00. The van der Waals surface area contributed by atoms with E-state index in [0.29, 0.717) is 6.04 Å². The summed E-state index contributed by atoms with van der Waals surface area (Å²) in [5.74, 6) is 0.738.